The van der Waals surface area contributed by atoms with Crippen molar-refractivity contribution in [3.05, 3.63) is 70.5 Å². The van der Waals surface area contributed by atoms with Crippen LogP contribution in [0.3, 0.4) is 0 Å². The van der Waals surface area contributed by atoms with Crippen LogP contribution in [0.15, 0.2) is 57.9 Å². The molecule has 1 N–H and O–H groups in total. The minimum absolute atomic E-state index is 0.0270. The molecule has 31 heavy (non-hydrogen) atoms. The van der Waals surface area contributed by atoms with Crippen molar-refractivity contribution in [3.8, 4) is 0 Å². The van der Waals surface area contributed by atoms with Gasteiger partial charge in [-0.2, -0.15) is 0 Å². The van der Waals surface area contributed by atoms with E-state index in [2.05, 4.69) is 20.8 Å². The second-order valence-electron chi connectivity index (χ2n) is 6.41. The van der Waals surface area contributed by atoms with Gasteiger partial charge in [-0.05, 0) is 19.9 Å². The lowest BCUT2D eigenvalue weighted by Crippen LogP contribution is -2.30. The van der Waals surface area contributed by atoms with Crippen LogP contribution in [0.2, 0.25) is 0 Å². The Balaban J connectivity index is 2.30. The lowest BCUT2D eigenvalue weighted by Gasteiger charge is -2.11. The second kappa shape index (κ2) is 11.4. The van der Waals surface area contributed by atoms with Gasteiger partial charge in [0.05, 0.1) is 5.56 Å². The summed E-state index contributed by atoms with van der Waals surface area (Å²) in [7, 11) is 4.13. The number of likely N-dealkylation sites (N-methyl/N-ethyl adjacent to an activating group) is 1. The van der Waals surface area contributed by atoms with Crippen molar-refractivity contribution in [2.75, 3.05) is 21.3 Å². The molecule has 0 aromatic heterocycles. The molecule has 0 aliphatic carbocycles. The molecule has 0 saturated heterocycles. The molecule has 0 atom stereocenters. The largest absolute Gasteiger partial charge is 0.399 e. The van der Waals surface area contributed by atoms with Gasteiger partial charge in [0.25, 0.3) is 5.91 Å². The SMILES string of the molecule is CNC(=O)C(=NOC)c1c(F)cccc1CON=C(C)C(=NOC)c1ccc(C)cc1. The summed E-state index contributed by atoms with van der Waals surface area (Å²) in [5.74, 6) is -1.23. The number of hydrogen-bond acceptors (Lipinski definition) is 7. The molecule has 0 radical (unpaired) electrons. The van der Waals surface area contributed by atoms with E-state index in [0.717, 1.165) is 11.1 Å². The van der Waals surface area contributed by atoms with E-state index < -0.39 is 11.7 Å². The molecule has 0 saturated carbocycles. The Morgan fingerprint density at radius 2 is 1.65 bits per heavy atom. The van der Waals surface area contributed by atoms with Gasteiger partial charge >= 0.3 is 0 Å². The Labute approximate surface area is 180 Å². The van der Waals surface area contributed by atoms with Crippen molar-refractivity contribution < 1.29 is 23.7 Å². The molecule has 0 spiro atoms. The maximum absolute atomic E-state index is 14.5. The summed E-state index contributed by atoms with van der Waals surface area (Å²) < 4.78 is 14.5. The molecule has 164 valence electrons. The third-order valence-corrected chi connectivity index (χ3v) is 4.23. The number of carbonyl (C=O) groups excluding carboxylic acids is 1. The highest BCUT2D eigenvalue weighted by molar-refractivity contribution is 6.47. The van der Waals surface area contributed by atoms with E-state index in [1.165, 1.54) is 33.4 Å². The van der Waals surface area contributed by atoms with Crippen LogP contribution < -0.4 is 5.32 Å². The molecule has 0 unspecified atom stereocenters. The molecule has 9 heteroatoms. The van der Waals surface area contributed by atoms with Crippen LogP contribution >= 0.6 is 0 Å². The Morgan fingerprint density at radius 1 is 1.00 bits per heavy atom. The highest BCUT2D eigenvalue weighted by atomic mass is 19.1. The summed E-state index contributed by atoms with van der Waals surface area (Å²) in [6.45, 7) is 3.59. The van der Waals surface area contributed by atoms with Crippen LogP contribution in [0, 0.1) is 12.7 Å². The van der Waals surface area contributed by atoms with E-state index in [-0.39, 0.29) is 17.9 Å². The molecule has 1 amide bonds. The fourth-order valence-electron chi connectivity index (χ4n) is 2.74. The molecule has 2 aromatic rings. The average Bonchev–Trinajstić information content (AvgIpc) is 2.76. The number of rotatable bonds is 9. The summed E-state index contributed by atoms with van der Waals surface area (Å²) in [6, 6.07) is 12.0. The molecular formula is C22H25FN4O4. The maximum Gasteiger partial charge on any atom is 0.273 e. The molecule has 2 aromatic carbocycles. The van der Waals surface area contributed by atoms with Crippen molar-refractivity contribution in [1.29, 1.82) is 0 Å². The van der Waals surface area contributed by atoms with E-state index in [9.17, 15) is 9.18 Å². The van der Waals surface area contributed by atoms with E-state index in [1.54, 1.807) is 13.0 Å². The normalized spacial score (nSPS) is 12.4. The van der Waals surface area contributed by atoms with Crippen LogP contribution in [0.1, 0.15) is 29.2 Å². The van der Waals surface area contributed by atoms with Crippen molar-refractivity contribution in [2.24, 2.45) is 15.5 Å². The van der Waals surface area contributed by atoms with Crippen molar-refractivity contribution in [2.45, 2.75) is 20.5 Å². The number of amides is 1. The molecule has 0 aliphatic rings. The smallest absolute Gasteiger partial charge is 0.273 e. The zero-order chi connectivity index (χ0) is 22.8. The number of halogens is 1. The number of aryl methyl sites for hydroxylation is 1. The zero-order valence-electron chi connectivity index (χ0n) is 18.1. The molecule has 0 bridgehead atoms. The van der Waals surface area contributed by atoms with E-state index >= 15 is 0 Å². The van der Waals surface area contributed by atoms with Crippen LogP contribution in [0.4, 0.5) is 4.39 Å². The Kier molecular flexibility index (Phi) is 8.68. The third-order valence-electron chi connectivity index (χ3n) is 4.23. The Morgan fingerprint density at radius 3 is 2.26 bits per heavy atom. The number of nitrogens with one attached hydrogen (secondary N) is 1. The highest BCUT2D eigenvalue weighted by Crippen LogP contribution is 2.17. The Hall–Kier alpha value is -3.75. The number of nitrogens with zero attached hydrogens (tertiary/aromatic N) is 3. The lowest BCUT2D eigenvalue weighted by atomic mass is 10.0. The van der Waals surface area contributed by atoms with Gasteiger partial charge in [0, 0.05) is 18.2 Å². The fourth-order valence-corrected chi connectivity index (χ4v) is 2.74. The van der Waals surface area contributed by atoms with Gasteiger partial charge in [0.15, 0.2) is 5.71 Å². The lowest BCUT2D eigenvalue weighted by molar-refractivity contribution is -0.114. The highest BCUT2D eigenvalue weighted by Gasteiger charge is 2.22. The first-order valence-corrected chi connectivity index (χ1v) is 9.39. The predicted octanol–water partition coefficient (Wildman–Crippen LogP) is 3.17. The maximum atomic E-state index is 14.5. The number of oxime groups is 3. The molecule has 2 rings (SSSR count). The number of carbonyl (C=O) groups is 1. The van der Waals surface area contributed by atoms with E-state index in [1.807, 2.05) is 31.2 Å². The van der Waals surface area contributed by atoms with Crippen LogP contribution in [-0.2, 0) is 25.9 Å². The first-order chi connectivity index (χ1) is 14.9. The van der Waals surface area contributed by atoms with Gasteiger partial charge in [-0.25, -0.2) is 4.39 Å². The van der Waals surface area contributed by atoms with Crippen LogP contribution in [0.5, 0.6) is 0 Å². The molecule has 0 fully saturated rings. The van der Waals surface area contributed by atoms with Crippen LogP contribution in [-0.4, -0.2) is 44.3 Å². The zero-order valence-corrected chi connectivity index (χ0v) is 18.1. The second-order valence-corrected chi connectivity index (χ2v) is 6.41. The quantitative estimate of drug-likeness (QED) is 0.490. The van der Waals surface area contributed by atoms with Crippen molar-refractivity contribution in [3.63, 3.8) is 0 Å². The molecular weight excluding hydrogens is 403 g/mol. The van der Waals surface area contributed by atoms with Crippen molar-refractivity contribution in [1.82, 2.24) is 5.32 Å². The van der Waals surface area contributed by atoms with Gasteiger partial charge in [-0.1, -0.05) is 57.4 Å². The molecule has 0 aliphatic heterocycles. The van der Waals surface area contributed by atoms with E-state index in [0.29, 0.717) is 17.0 Å². The summed E-state index contributed by atoms with van der Waals surface area (Å²) in [5, 5.41) is 14.2. The minimum Gasteiger partial charge on any atom is -0.399 e. The van der Waals surface area contributed by atoms with Crippen molar-refractivity contribution >= 4 is 23.0 Å². The van der Waals surface area contributed by atoms with Gasteiger partial charge in [0.1, 0.15) is 38.1 Å². The summed E-state index contributed by atoms with van der Waals surface area (Å²) >= 11 is 0. The topological polar surface area (TPSA) is 93.9 Å². The van der Waals surface area contributed by atoms with E-state index in [4.69, 9.17) is 14.5 Å². The summed E-state index contributed by atoms with van der Waals surface area (Å²) in [5.41, 5.74) is 3.00. The summed E-state index contributed by atoms with van der Waals surface area (Å²) in [6.07, 6.45) is 0. The minimum atomic E-state index is -0.637. The molecule has 8 nitrogen and oxygen atoms in total. The Bertz CT molecular complexity index is 1000. The first-order valence-electron chi connectivity index (χ1n) is 9.39. The van der Waals surface area contributed by atoms with Crippen LogP contribution in [0.25, 0.3) is 0 Å². The summed E-state index contributed by atoms with van der Waals surface area (Å²) in [4.78, 5) is 27.2. The fraction of sp³-hybridized carbons (Fsp3) is 0.273. The third kappa shape index (κ3) is 6.11. The van der Waals surface area contributed by atoms with Gasteiger partial charge < -0.3 is 19.8 Å². The predicted molar refractivity (Wildman–Crippen MR) is 117 cm³/mol. The number of benzene rings is 2. The first kappa shape index (κ1) is 23.5. The van der Waals surface area contributed by atoms with Gasteiger partial charge in [0.2, 0.25) is 0 Å². The molecule has 0 heterocycles. The van der Waals surface area contributed by atoms with Gasteiger partial charge in [-0.15, -0.1) is 0 Å². The average molecular weight is 428 g/mol. The number of hydrogen-bond donors (Lipinski definition) is 1. The standard InChI is InChI=1S/C22H25FN4O4/c1-14-9-11-16(12-10-14)20(26-29-4)15(2)25-31-13-17-7-6-8-18(23)19(17)21(27-30-5)22(28)24-3/h6-12H,13H2,1-5H3,(H,24,28). The van der Waals surface area contributed by atoms with Gasteiger partial charge in [-0.3, -0.25) is 4.79 Å². The monoisotopic (exact) mass is 428 g/mol.